The number of methoxy groups -OCH3 is 1. The number of carbonyl (C=O) groups is 1. The van der Waals surface area contributed by atoms with E-state index in [2.05, 4.69) is 34.3 Å². The van der Waals surface area contributed by atoms with E-state index in [-0.39, 0.29) is 19.2 Å². The number of likely N-dealkylation sites (tertiary alicyclic amines) is 1. The molecule has 4 rings (SSSR count). The smallest absolute Gasteiger partial charge is 0.392 e. The number of thiophene rings is 1. The zero-order valence-electron chi connectivity index (χ0n) is 20.7. The molecular weight excluding hydrogens is 506 g/mol. The van der Waals surface area contributed by atoms with Crippen LogP contribution in [0.5, 0.6) is 5.88 Å². The average Bonchev–Trinajstić information content (AvgIpc) is 3.58. The van der Waals surface area contributed by atoms with E-state index in [0.717, 1.165) is 30.8 Å². The molecule has 3 aromatic rings. The summed E-state index contributed by atoms with van der Waals surface area (Å²) in [6, 6.07) is 7.80. The predicted molar refractivity (Wildman–Crippen MR) is 137 cm³/mol. The Morgan fingerprint density at radius 2 is 2.06 bits per heavy atom. The first-order valence-corrected chi connectivity index (χ1v) is 13.2. The molecule has 0 atom stereocenters. The number of amides is 1. The van der Waals surface area contributed by atoms with Crippen LogP contribution < -0.4 is 10.1 Å². The molecule has 0 spiro atoms. The van der Waals surface area contributed by atoms with Gasteiger partial charge in [-0.15, -0.1) is 11.3 Å². The number of ether oxygens (including phenoxy) is 3. The summed E-state index contributed by atoms with van der Waals surface area (Å²) in [4.78, 5) is 16.0. The summed E-state index contributed by atoms with van der Waals surface area (Å²) < 4.78 is 24.0. The summed E-state index contributed by atoms with van der Waals surface area (Å²) in [6.45, 7) is 7.72. The van der Waals surface area contributed by atoms with Crippen LogP contribution in [0.25, 0.3) is 10.6 Å². The van der Waals surface area contributed by atoms with Gasteiger partial charge in [0.25, 0.3) is 0 Å². The lowest BCUT2D eigenvalue weighted by molar-refractivity contribution is 0.0600. The minimum Gasteiger partial charge on any atom is -0.392 e. The number of carbonyl (C=O) groups excluding carboxylic acids is 1. The number of piperidine rings is 1. The van der Waals surface area contributed by atoms with Crippen molar-refractivity contribution >= 4 is 29.0 Å². The summed E-state index contributed by atoms with van der Waals surface area (Å²) >= 11 is 7.45. The van der Waals surface area contributed by atoms with Gasteiger partial charge in [-0.25, -0.2) is 9.48 Å². The van der Waals surface area contributed by atoms with Crippen LogP contribution in [0.2, 0.25) is 4.34 Å². The molecule has 0 aromatic carbocycles. The summed E-state index contributed by atoms with van der Waals surface area (Å²) in [5, 5.41) is 11.7. The molecule has 1 saturated heterocycles. The number of hydrogen-bond acceptors (Lipinski definition) is 9. The fourth-order valence-electron chi connectivity index (χ4n) is 3.99. The zero-order chi connectivity index (χ0) is 25.5. The van der Waals surface area contributed by atoms with Gasteiger partial charge in [-0.3, -0.25) is 0 Å². The van der Waals surface area contributed by atoms with Crippen LogP contribution >= 0.6 is 22.9 Å². The number of aromatic nitrogens is 3. The highest BCUT2D eigenvalue weighted by Crippen LogP contribution is 2.31. The molecule has 1 N–H and O–H groups in total. The van der Waals surface area contributed by atoms with Crippen molar-refractivity contribution in [1.82, 2.24) is 25.2 Å². The Balaban J connectivity index is 1.41. The Hall–Kier alpha value is -2.44. The first-order valence-electron chi connectivity index (χ1n) is 12.0. The molecule has 4 heterocycles. The number of nitrogens with one attached hydrogen (secondary N) is 1. The van der Waals surface area contributed by atoms with E-state index in [4.69, 9.17) is 30.3 Å². The maximum absolute atomic E-state index is 12.7. The molecule has 10 nitrogen and oxygen atoms in total. The minimum absolute atomic E-state index is 0.0800. The summed E-state index contributed by atoms with van der Waals surface area (Å²) in [7, 11) is 1.62. The molecule has 1 amide bonds. The average molecular weight is 538 g/mol. The molecule has 12 heteroatoms. The van der Waals surface area contributed by atoms with Gasteiger partial charge in [-0.2, -0.15) is 5.10 Å². The second-order valence-electron chi connectivity index (χ2n) is 8.90. The lowest BCUT2D eigenvalue weighted by Gasteiger charge is -2.34. The second-order valence-corrected chi connectivity index (χ2v) is 10.6. The van der Waals surface area contributed by atoms with Crippen molar-refractivity contribution in [3.8, 4) is 16.5 Å². The van der Waals surface area contributed by atoms with E-state index in [1.54, 1.807) is 17.9 Å². The van der Waals surface area contributed by atoms with Crippen LogP contribution in [-0.4, -0.2) is 71.4 Å². The number of halogens is 1. The van der Waals surface area contributed by atoms with Crippen molar-refractivity contribution < 1.29 is 23.5 Å². The molecule has 196 valence electrons. The largest absolute Gasteiger partial charge is 0.414 e. The van der Waals surface area contributed by atoms with E-state index in [1.807, 2.05) is 18.2 Å². The molecule has 1 aliphatic rings. The van der Waals surface area contributed by atoms with Gasteiger partial charge in [0.2, 0.25) is 5.88 Å². The number of nitrogens with zero attached hydrogens (tertiary/aromatic N) is 4. The topological polar surface area (TPSA) is 104 Å². The molecule has 1 aliphatic heterocycles. The Bertz CT molecular complexity index is 1120. The first kappa shape index (κ1) is 26.6. The maximum atomic E-state index is 12.7. The van der Waals surface area contributed by atoms with Crippen LogP contribution in [0, 0.1) is 0 Å². The van der Waals surface area contributed by atoms with Crippen LogP contribution in [0.4, 0.5) is 4.79 Å². The van der Waals surface area contributed by atoms with Gasteiger partial charge in [0.05, 0.1) is 41.3 Å². The summed E-state index contributed by atoms with van der Waals surface area (Å²) in [6.07, 6.45) is 1.28. The van der Waals surface area contributed by atoms with E-state index >= 15 is 0 Å². The molecule has 0 bridgehead atoms. The van der Waals surface area contributed by atoms with Crippen LogP contribution in [0.1, 0.15) is 38.1 Å². The van der Waals surface area contributed by atoms with E-state index < -0.39 is 6.09 Å². The highest BCUT2D eigenvalue weighted by atomic mass is 35.5. The Morgan fingerprint density at radius 1 is 1.25 bits per heavy atom. The zero-order valence-corrected chi connectivity index (χ0v) is 22.3. The second kappa shape index (κ2) is 12.7. The van der Waals surface area contributed by atoms with Gasteiger partial charge in [-0.05, 0) is 38.8 Å². The summed E-state index contributed by atoms with van der Waals surface area (Å²) in [5.74, 6) is 0.923. The highest BCUT2D eigenvalue weighted by Gasteiger charge is 2.24. The third-order valence-corrected chi connectivity index (χ3v) is 7.19. The summed E-state index contributed by atoms with van der Waals surface area (Å²) in [5.41, 5.74) is 1.27. The van der Waals surface area contributed by atoms with E-state index in [1.165, 1.54) is 11.3 Å². The number of hydrogen-bond donors (Lipinski definition) is 1. The SMILES string of the molecule is COCCOCc1cc(OC(=O)NC2CCN(C(C)C)CC2)n(Cc2cc(-c3ccc(Cl)s3)on2)n1. The van der Waals surface area contributed by atoms with Crippen molar-refractivity contribution in [1.29, 1.82) is 0 Å². The fraction of sp³-hybridized carbons (Fsp3) is 0.542. The quantitative estimate of drug-likeness (QED) is 0.358. The molecule has 0 aliphatic carbocycles. The molecule has 0 unspecified atom stereocenters. The molecular formula is C24H32ClN5O5S. The fourth-order valence-corrected chi connectivity index (χ4v) is 4.98. The molecule has 1 fully saturated rings. The van der Waals surface area contributed by atoms with E-state index in [9.17, 15) is 4.79 Å². The van der Waals surface area contributed by atoms with Gasteiger partial charge in [0, 0.05) is 44.4 Å². The molecule has 0 radical (unpaired) electrons. The lowest BCUT2D eigenvalue weighted by Crippen LogP contribution is -2.47. The number of rotatable bonds is 11. The van der Waals surface area contributed by atoms with Gasteiger partial charge in [0.1, 0.15) is 5.69 Å². The highest BCUT2D eigenvalue weighted by molar-refractivity contribution is 7.19. The molecule has 3 aromatic heterocycles. The van der Waals surface area contributed by atoms with Crippen molar-refractivity contribution in [2.75, 3.05) is 33.4 Å². The van der Waals surface area contributed by atoms with E-state index in [0.29, 0.717) is 46.6 Å². The predicted octanol–water partition coefficient (Wildman–Crippen LogP) is 4.43. The molecule has 36 heavy (non-hydrogen) atoms. The Labute approximate surface area is 219 Å². The normalized spacial score (nSPS) is 15.0. The van der Waals surface area contributed by atoms with Crippen LogP contribution in [0.15, 0.2) is 28.8 Å². The molecule has 0 saturated carbocycles. The van der Waals surface area contributed by atoms with Gasteiger partial charge in [0.15, 0.2) is 5.76 Å². The van der Waals surface area contributed by atoms with Crippen LogP contribution in [-0.2, 0) is 22.6 Å². The monoisotopic (exact) mass is 537 g/mol. The minimum atomic E-state index is -0.500. The Kier molecular flexibility index (Phi) is 9.38. The van der Waals surface area contributed by atoms with Crippen molar-refractivity contribution in [2.45, 2.75) is 51.9 Å². The van der Waals surface area contributed by atoms with Gasteiger partial charge < -0.3 is 29.0 Å². The third kappa shape index (κ3) is 7.30. The maximum Gasteiger partial charge on any atom is 0.414 e. The van der Waals surface area contributed by atoms with Gasteiger partial charge >= 0.3 is 6.09 Å². The lowest BCUT2D eigenvalue weighted by atomic mass is 10.0. The standard InChI is InChI=1S/C24H32ClN5O5S/c1-16(2)29-8-6-17(7-9-29)26-24(31)34-23-13-19(15-33-11-10-32-3)27-30(23)14-18-12-20(35-28-18)21-4-5-22(25)36-21/h4-5,12-13,16-17H,6-11,14-15H2,1-3H3,(H,26,31). The van der Waals surface area contributed by atoms with Crippen molar-refractivity contribution in [3.05, 3.63) is 40.0 Å². The van der Waals surface area contributed by atoms with Gasteiger partial charge in [-0.1, -0.05) is 16.8 Å². The van der Waals surface area contributed by atoms with Crippen LogP contribution in [0.3, 0.4) is 0 Å². The first-order chi connectivity index (χ1) is 17.4. The Morgan fingerprint density at radius 3 is 2.75 bits per heavy atom. The van der Waals surface area contributed by atoms with Crippen molar-refractivity contribution in [3.63, 3.8) is 0 Å². The van der Waals surface area contributed by atoms with Crippen molar-refractivity contribution in [2.24, 2.45) is 0 Å². The third-order valence-electron chi connectivity index (χ3n) is 5.94.